The van der Waals surface area contributed by atoms with Crippen LogP contribution in [0.15, 0.2) is 87.6 Å². The van der Waals surface area contributed by atoms with Crippen LogP contribution >= 0.6 is 0 Å². The molecule has 0 aliphatic carbocycles. The van der Waals surface area contributed by atoms with Gasteiger partial charge < -0.3 is 19.0 Å². The summed E-state index contributed by atoms with van der Waals surface area (Å²) >= 11 is 0. The van der Waals surface area contributed by atoms with Crippen LogP contribution in [0, 0.1) is 0 Å². The first kappa shape index (κ1) is 20.6. The number of methoxy groups -OCH3 is 1. The van der Waals surface area contributed by atoms with Crippen LogP contribution in [0.1, 0.15) is 30.2 Å². The van der Waals surface area contributed by atoms with Gasteiger partial charge in [-0.15, -0.1) is 0 Å². The minimum absolute atomic E-state index is 0.240. The summed E-state index contributed by atoms with van der Waals surface area (Å²) in [5, 5.41) is 7.26. The smallest absolute Gasteiger partial charge is 0.322 e. The van der Waals surface area contributed by atoms with E-state index in [-0.39, 0.29) is 12.6 Å². The third kappa shape index (κ3) is 3.98. The van der Waals surface area contributed by atoms with E-state index in [1.807, 2.05) is 67.6 Å². The molecule has 33 heavy (non-hydrogen) atoms. The molecule has 2 aromatic carbocycles. The number of hydrogen-bond acceptors (Lipinski definition) is 6. The Kier molecular flexibility index (Phi) is 5.40. The zero-order valence-corrected chi connectivity index (χ0v) is 18.2. The van der Waals surface area contributed by atoms with Crippen LogP contribution in [-0.4, -0.2) is 28.2 Å². The minimum atomic E-state index is -0.472. The Balaban J connectivity index is 1.59. The summed E-state index contributed by atoms with van der Waals surface area (Å²) in [5.41, 5.74) is 3.15. The Bertz CT molecular complexity index is 1280. The molecule has 166 valence electrons. The fourth-order valence-corrected chi connectivity index (χ4v) is 3.89. The van der Waals surface area contributed by atoms with E-state index < -0.39 is 6.04 Å². The van der Waals surface area contributed by atoms with Crippen molar-refractivity contribution in [1.82, 2.24) is 20.4 Å². The lowest BCUT2D eigenvalue weighted by Crippen LogP contribution is -2.45. The van der Waals surface area contributed by atoms with Gasteiger partial charge in [-0.3, -0.25) is 4.90 Å². The lowest BCUT2D eigenvalue weighted by atomic mass is 9.94. The highest BCUT2D eigenvalue weighted by atomic mass is 16.5. The lowest BCUT2D eigenvalue weighted by molar-refractivity contribution is 0.199. The summed E-state index contributed by atoms with van der Waals surface area (Å²) in [5.74, 6) is 2.22. The van der Waals surface area contributed by atoms with Crippen molar-refractivity contribution in [3.63, 3.8) is 0 Å². The van der Waals surface area contributed by atoms with Gasteiger partial charge in [-0.2, -0.15) is 4.98 Å². The van der Waals surface area contributed by atoms with Crippen LogP contribution in [-0.2, 0) is 6.54 Å². The number of urea groups is 1. The number of carbonyl (C=O) groups is 1. The van der Waals surface area contributed by atoms with Gasteiger partial charge in [0, 0.05) is 11.3 Å². The highest BCUT2D eigenvalue weighted by molar-refractivity contribution is 5.86. The summed E-state index contributed by atoms with van der Waals surface area (Å²) in [7, 11) is 1.61. The molecule has 1 aliphatic heterocycles. The highest BCUT2D eigenvalue weighted by Gasteiger charge is 2.36. The van der Waals surface area contributed by atoms with Crippen LogP contribution in [0.25, 0.3) is 17.0 Å². The maximum atomic E-state index is 13.1. The average molecular weight is 442 g/mol. The summed E-state index contributed by atoms with van der Waals surface area (Å²) in [6.45, 7) is 2.16. The molecule has 8 heteroatoms. The number of ether oxygens (including phenoxy) is 1. The lowest BCUT2D eigenvalue weighted by Gasteiger charge is -2.34. The van der Waals surface area contributed by atoms with Gasteiger partial charge in [-0.1, -0.05) is 47.6 Å². The first-order valence-electron chi connectivity index (χ1n) is 10.5. The van der Waals surface area contributed by atoms with Crippen LogP contribution in [0.5, 0.6) is 5.75 Å². The van der Waals surface area contributed by atoms with Crippen LogP contribution < -0.4 is 10.1 Å². The molecule has 1 aliphatic rings. The van der Waals surface area contributed by atoms with Crippen molar-refractivity contribution in [2.24, 2.45) is 0 Å². The monoisotopic (exact) mass is 442 g/mol. The molecule has 0 saturated heterocycles. The summed E-state index contributed by atoms with van der Waals surface area (Å²) < 4.78 is 16.4. The molecule has 1 N–H and O–H groups in total. The Morgan fingerprint density at radius 2 is 1.85 bits per heavy atom. The summed E-state index contributed by atoms with van der Waals surface area (Å²) in [4.78, 5) is 19.4. The van der Waals surface area contributed by atoms with Gasteiger partial charge >= 0.3 is 6.03 Å². The molecule has 5 rings (SSSR count). The molecule has 0 radical (unpaired) electrons. The van der Waals surface area contributed by atoms with Gasteiger partial charge in [-0.05, 0) is 36.8 Å². The van der Waals surface area contributed by atoms with E-state index >= 15 is 0 Å². The molecule has 2 amide bonds. The molecule has 0 bridgehead atoms. The molecule has 1 unspecified atom stereocenters. The van der Waals surface area contributed by atoms with Crippen molar-refractivity contribution in [3.8, 4) is 17.1 Å². The number of hydrogen-bond donors (Lipinski definition) is 1. The predicted octanol–water partition coefficient (Wildman–Crippen LogP) is 5.04. The van der Waals surface area contributed by atoms with E-state index in [1.54, 1.807) is 24.3 Å². The second-order valence-electron chi connectivity index (χ2n) is 7.61. The first-order chi connectivity index (χ1) is 16.1. The number of aromatic nitrogens is 2. The number of amides is 2. The van der Waals surface area contributed by atoms with Crippen molar-refractivity contribution in [2.45, 2.75) is 19.5 Å². The van der Waals surface area contributed by atoms with Crippen LogP contribution in [0.3, 0.4) is 0 Å². The fourth-order valence-electron chi connectivity index (χ4n) is 3.89. The second kappa shape index (κ2) is 8.66. The molecule has 4 aromatic rings. The Morgan fingerprint density at radius 3 is 2.55 bits per heavy atom. The maximum Gasteiger partial charge on any atom is 0.322 e. The van der Waals surface area contributed by atoms with E-state index in [2.05, 4.69) is 15.5 Å². The molecule has 0 saturated carbocycles. The van der Waals surface area contributed by atoms with E-state index in [1.165, 1.54) is 0 Å². The second-order valence-corrected chi connectivity index (χ2v) is 7.61. The van der Waals surface area contributed by atoms with Crippen molar-refractivity contribution < 1.29 is 18.5 Å². The molecular formula is C25H22N4O4. The quantitative estimate of drug-likeness (QED) is 0.450. The zero-order chi connectivity index (χ0) is 22.8. The van der Waals surface area contributed by atoms with Crippen LogP contribution in [0.4, 0.5) is 4.79 Å². The standard InChI is InChI=1S/C25H22N4O4/c1-16-21(24-27-23(28-33-24)18-7-4-3-5-8-18)22(17-10-12-19(31-2)13-11-17)26-25(30)29(16)15-20-9-6-14-32-20/h3-14,22H,15H2,1-2H3,(H,26,30). The number of nitrogens with one attached hydrogen (secondary N) is 1. The molecule has 8 nitrogen and oxygen atoms in total. The van der Waals surface area contributed by atoms with Gasteiger partial charge in [0.1, 0.15) is 11.5 Å². The fraction of sp³-hybridized carbons (Fsp3) is 0.160. The minimum Gasteiger partial charge on any atom is -0.497 e. The normalized spacial score (nSPS) is 16.1. The predicted molar refractivity (Wildman–Crippen MR) is 121 cm³/mol. The van der Waals surface area contributed by atoms with Crippen molar-refractivity contribution in [3.05, 3.63) is 95.9 Å². The SMILES string of the molecule is COc1ccc(C2NC(=O)N(Cc3ccco3)C(C)=C2c2nc(-c3ccccc3)no2)cc1. The van der Waals surface area contributed by atoms with Gasteiger partial charge in [0.25, 0.3) is 5.89 Å². The van der Waals surface area contributed by atoms with E-state index in [0.717, 1.165) is 22.4 Å². The van der Waals surface area contributed by atoms with Crippen molar-refractivity contribution >= 4 is 11.6 Å². The highest BCUT2D eigenvalue weighted by Crippen LogP contribution is 2.38. The third-order valence-electron chi connectivity index (χ3n) is 5.63. The molecule has 0 fully saturated rings. The molecule has 3 heterocycles. The number of carbonyl (C=O) groups excluding carboxylic acids is 1. The maximum absolute atomic E-state index is 13.1. The van der Waals surface area contributed by atoms with E-state index in [9.17, 15) is 4.79 Å². The number of benzene rings is 2. The molecule has 2 aromatic heterocycles. The van der Waals surface area contributed by atoms with Gasteiger partial charge in [0.2, 0.25) is 5.82 Å². The Hall–Kier alpha value is -4.33. The summed E-state index contributed by atoms with van der Waals surface area (Å²) in [6.07, 6.45) is 1.58. The largest absolute Gasteiger partial charge is 0.497 e. The van der Waals surface area contributed by atoms with E-state index in [0.29, 0.717) is 23.2 Å². The van der Waals surface area contributed by atoms with Crippen molar-refractivity contribution in [1.29, 1.82) is 0 Å². The number of rotatable bonds is 6. The first-order valence-corrected chi connectivity index (χ1v) is 10.5. The molecule has 1 atom stereocenters. The van der Waals surface area contributed by atoms with Gasteiger partial charge in [-0.25, -0.2) is 4.79 Å². The topological polar surface area (TPSA) is 93.6 Å². The van der Waals surface area contributed by atoms with Crippen molar-refractivity contribution in [2.75, 3.05) is 7.11 Å². The van der Waals surface area contributed by atoms with Gasteiger partial charge in [0.15, 0.2) is 0 Å². The summed E-state index contributed by atoms with van der Waals surface area (Å²) in [6, 6.07) is 20.0. The number of nitrogens with zero attached hydrogens (tertiary/aromatic N) is 3. The van der Waals surface area contributed by atoms with E-state index in [4.69, 9.17) is 13.7 Å². The van der Waals surface area contributed by atoms with Crippen LogP contribution in [0.2, 0.25) is 0 Å². The third-order valence-corrected chi connectivity index (χ3v) is 5.63. The Morgan fingerprint density at radius 1 is 1.06 bits per heavy atom. The average Bonchev–Trinajstić information content (AvgIpc) is 3.54. The zero-order valence-electron chi connectivity index (χ0n) is 18.2. The molecule has 0 spiro atoms. The number of allylic oxidation sites excluding steroid dienone is 1. The number of furan rings is 1. The van der Waals surface area contributed by atoms with Gasteiger partial charge in [0.05, 0.1) is 31.5 Å². The Labute approximate surface area is 190 Å². The molecular weight excluding hydrogens is 420 g/mol.